The second-order valence-electron chi connectivity index (χ2n) is 3.21. The summed E-state index contributed by atoms with van der Waals surface area (Å²) in [6.45, 7) is 1.77. The van der Waals surface area contributed by atoms with Crippen molar-refractivity contribution in [2.45, 2.75) is 6.92 Å². The molecule has 0 amide bonds. The lowest BCUT2D eigenvalue weighted by molar-refractivity contribution is 0.0962. The van der Waals surface area contributed by atoms with Gasteiger partial charge in [0, 0.05) is 17.8 Å². The average molecular weight is 256 g/mol. The number of ketones is 1. The first-order chi connectivity index (χ1) is 6.59. The topological polar surface area (TPSA) is 29.4 Å². The molecule has 1 aliphatic rings. The highest BCUT2D eigenvalue weighted by Crippen LogP contribution is 2.30. The van der Waals surface area contributed by atoms with Gasteiger partial charge in [-0.1, -0.05) is 6.92 Å². The van der Waals surface area contributed by atoms with Gasteiger partial charge in [0.25, 0.3) is 0 Å². The van der Waals surface area contributed by atoms with Crippen molar-refractivity contribution in [2.75, 3.05) is 0 Å². The number of benzene rings is 1. The van der Waals surface area contributed by atoms with Gasteiger partial charge in [-0.3, -0.25) is 9.79 Å². The van der Waals surface area contributed by atoms with Crippen molar-refractivity contribution in [1.29, 1.82) is 0 Å². The van der Waals surface area contributed by atoms with Gasteiger partial charge in [-0.15, -0.1) is 0 Å². The molecule has 1 unspecified atom stereocenters. The maximum absolute atomic E-state index is 13.1. The zero-order valence-corrected chi connectivity index (χ0v) is 9.01. The summed E-state index contributed by atoms with van der Waals surface area (Å²) in [6, 6.07) is 2.75. The van der Waals surface area contributed by atoms with Crippen molar-refractivity contribution in [3.05, 3.63) is 28.0 Å². The molecule has 72 valence electrons. The van der Waals surface area contributed by atoms with E-state index in [1.165, 1.54) is 18.3 Å². The molecular weight excluding hydrogens is 249 g/mol. The van der Waals surface area contributed by atoms with Gasteiger partial charge in [-0.2, -0.15) is 0 Å². The summed E-state index contributed by atoms with van der Waals surface area (Å²) in [7, 11) is 0. The van der Waals surface area contributed by atoms with Gasteiger partial charge in [0.2, 0.25) is 0 Å². The molecule has 0 N–H and O–H groups in total. The number of hydrogen-bond donors (Lipinski definition) is 0. The fourth-order valence-corrected chi connectivity index (χ4v) is 1.69. The maximum atomic E-state index is 13.1. The highest BCUT2D eigenvalue weighted by molar-refractivity contribution is 9.10. The number of carbonyl (C=O) groups excluding carboxylic acids is 1. The third kappa shape index (κ3) is 1.39. The van der Waals surface area contributed by atoms with Gasteiger partial charge in [0.1, 0.15) is 5.82 Å². The van der Waals surface area contributed by atoms with Crippen molar-refractivity contribution in [3.8, 4) is 0 Å². The van der Waals surface area contributed by atoms with Crippen LogP contribution in [0.25, 0.3) is 0 Å². The van der Waals surface area contributed by atoms with E-state index in [-0.39, 0.29) is 11.7 Å². The summed E-state index contributed by atoms with van der Waals surface area (Å²) in [4.78, 5) is 15.7. The molecule has 1 aromatic carbocycles. The van der Waals surface area contributed by atoms with E-state index < -0.39 is 5.82 Å². The van der Waals surface area contributed by atoms with Crippen molar-refractivity contribution in [2.24, 2.45) is 10.9 Å². The second kappa shape index (κ2) is 3.28. The van der Waals surface area contributed by atoms with Crippen LogP contribution in [0.3, 0.4) is 0 Å². The summed E-state index contributed by atoms with van der Waals surface area (Å²) in [5.74, 6) is -0.640. The molecule has 0 aliphatic carbocycles. The van der Waals surface area contributed by atoms with Crippen LogP contribution in [0.5, 0.6) is 0 Å². The number of halogens is 2. The molecule has 14 heavy (non-hydrogen) atoms. The molecule has 0 spiro atoms. The average Bonchev–Trinajstić information content (AvgIpc) is 2.15. The standard InChI is InChI=1S/C10H7BrFNO/c1-5-4-13-9-3-8(12)7(11)2-6(9)10(5)14/h2-5H,1H3. The first-order valence-electron chi connectivity index (χ1n) is 4.17. The smallest absolute Gasteiger partial charge is 0.173 e. The third-order valence-electron chi connectivity index (χ3n) is 2.15. The van der Waals surface area contributed by atoms with Crippen LogP contribution in [0, 0.1) is 11.7 Å². The molecule has 4 heteroatoms. The first-order valence-corrected chi connectivity index (χ1v) is 4.96. The lowest BCUT2D eigenvalue weighted by Gasteiger charge is -2.13. The maximum Gasteiger partial charge on any atom is 0.173 e. The van der Waals surface area contributed by atoms with Crippen LogP contribution in [0.4, 0.5) is 10.1 Å². The Morgan fingerprint density at radius 1 is 1.50 bits per heavy atom. The Kier molecular flexibility index (Phi) is 2.23. The van der Waals surface area contributed by atoms with Gasteiger partial charge in [-0.05, 0) is 22.0 Å². The Bertz CT molecular complexity index is 442. The zero-order chi connectivity index (χ0) is 10.3. The monoisotopic (exact) mass is 255 g/mol. The van der Waals surface area contributed by atoms with Gasteiger partial charge in [0.05, 0.1) is 16.1 Å². The summed E-state index contributed by atoms with van der Waals surface area (Å²) in [5, 5.41) is 0. The first kappa shape index (κ1) is 9.52. The van der Waals surface area contributed by atoms with Crippen molar-refractivity contribution < 1.29 is 9.18 Å². The molecule has 2 nitrogen and oxygen atoms in total. The number of carbonyl (C=O) groups is 1. The summed E-state index contributed by atoms with van der Waals surface area (Å²) >= 11 is 3.04. The number of Topliss-reactive ketones (excluding diaryl/α,β-unsaturated/α-hetero) is 1. The minimum atomic E-state index is -0.400. The van der Waals surface area contributed by atoms with Crippen molar-refractivity contribution in [1.82, 2.24) is 0 Å². The Morgan fingerprint density at radius 2 is 2.21 bits per heavy atom. The quantitative estimate of drug-likeness (QED) is 0.701. The molecule has 1 aliphatic heterocycles. The highest BCUT2D eigenvalue weighted by Gasteiger charge is 2.22. The highest BCUT2D eigenvalue weighted by atomic mass is 79.9. The lowest BCUT2D eigenvalue weighted by Crippen LogP contribution is -2.16. The molecule has 1 heterocycles. The zero-order valence-electron chi connectivity index (χ0n) is 7.42. The Hall–Kier alpha value is -1.03. The molecular formula is C10H7BrFNO. The molecule has 0 saturated carbocycles. The van der Waals surface area contributed by atoms with E-state index in [2.05, 4.69) is 20.9 Å². The minimum absolute atomic E-state index is 0.0179. The molecule has 2 rings (SSSR count). The van der Waals surface area contributed by atoms with Crippen LogP contribution in [-0.4, -0.2) is 12.0 Å². The SMILES string of the molecule is CC1C=Nc2cc(F)c(Br)cc2C1=O. The van der Waals surface area contributed by atoms with E-state index in [1.54, 1.807) is 6.92 Å². The summed E-state index contributed by atoms with van der Waals surface area (Å²) in [5.41, 5.74) is 0.891. The molecule has 0 fully saturated rings. The molecule has 0 aromatic heterocycles. The minimum Gasteiger partial charge on any atom is -0.293 e. The second-order valence-corrected chi connectivity index (χ2v) is 4.07. The van der Waals surface area contributed by atoms with Gasteiger partial charge in [-0.25, -0.2) is 4.39 Å². The van der Waals surface area contributed by atoms with Gasteiger partial charge in [0.15, 0.2) is 5.78 Å². The number of aliphatic imine (C=N–C) groups is 1. The summed E-state index contributed by atoms with van der Waals surface area (Å²) in [6.07, 6.45) is 1.54. The van der Waals surface area contributed by atoms with Crippen molar-refractivity contribution in [3.63, 3.8) is 0 Å². The van der Waals surface area contributed by atoms with E-state index in [4.69, 9.17) is 0 Å². The number of hydrogen-bond acceptors (Lipinski definition) is 2. The van der Waals surface area contributed by atoms with E-state index in [1.807, 2.05) is 0 Å². The lowest BCUT2D eigenvalue weighted by atomic mass is 9.96. The van der Waals surface area contributed by atoms with Gasteiger partial charge < -0.3 is 0 Å². The van der Waals surface area contributed by atoms with Crippen LogP contribution < -0.4 is 0 Å². The van der Waals surface area contributed by atoms with Crippen molar-refractivity contribution >= 4 is 33.6 Å². The molecule has 1 aromatic rings. The fourth-order valence-electron chi connectivity index (χ4n) is 1.35. The molecule has 0 bridgehead atoms. The van der Waals surface area contributed by atoms with Crippen LogP contribution in [0.2, 0.25) is 0 Å². The number of rotatable bonds is 0. The van der Waals surface area contributed by atoms with E-state index in [0.29, 0.717) is 15.7 Å². The normalized spacial score (nSPS) is 19.6. The van der Waals surface area contributed by atoms with Crippen LogP contribution >= 0.6 is 15.9 Å². The van der Waals surface area contributed by atoms with Crippen LogP contribution in [0.1, 0.15) is 17.3 Å². The van der Waals surface area contributed by atoms with Crippen LogP contribution in [0.15, 0.2) is 21.6 Å². The fraction of sp³-hybridized carbons (Fsp3) is 0.200. The Balaban J connectivity index is 2.64. The van der Waals surface area contributed by atoms with Crippen LogP contribution in [-0.2, 0) is 0 Å². The Morgan fingerprint density at radius 3 is 2.93 bits per heavy atom. The predicted molar refractivity (Wildman–Crippen MR) is 55.7 cm³/mol. The van der Waals surface area contributed by atoms with E-state index in [9.17, 15) is 9.18 Å². The van der Waals surface area contributed by atoms with E-state index >= 15 is 0 Å². The predicted octanol–water partition coefficient (Wildman–Crippen LogP) is 3.12. The molecule has 1 atom stereocenters. The number of nitrogens with zero attached hydrogens (tertiary/aromatic N) is 1. The van der Waals surface area contributed by atoms with E-state index in [0.717, 1.165) is 0 Å². The van der Waals surface area contributed by atoms with Gasteiger partial charge >= 0.3 is 0 Å². The largest absolute Gasteiger partial charge is 0.293 e. The summed E-state index contributed by atoms with van der Waals surface area (Å²) < 4.78 is 13.4. The molecule has 0 radical (unpaired) electrons. The third-order valence-corrected chi connectivity index (χ3v) is 2.76. The molecule has 0 saturated heterocycles. The number of fused-ring (bicyclic) bond motifs is 1. The Labute approximate surface area is 89.0 Å².